The van der Waals surface area contributed by atoms with Crippen molar-refractivity contribution in [3.8, 4) is 0 Å². The highest BCUT2D eigenvalue weighted by Gasteiger charge is 2.43. The molecule has 0 aromatic heterocycles. The van der Waals surface area contributed by atoms with Crippen molar-refractivity contribution in [3.63, 3.8) is 0 Å². The molecule has 1 aliphatic rings. The number of carboxylic acid groups (broad SMARTS) is 1. The van der Waals surface area contributed by atoms with E-state index < -0.39 is 211 Å². The number of unbranched alkanes of at least 4 members (excludes halogenated alkanes) is 1. The van der Waals surface area contributed by atoms with Crippen molar-refractivity contribution < 1.29 is 87.2 Å². The predicted octanol–water partition coefficient (Wildman–Crippen LogP) is -4.53. The van der Waals surface area contributed by atoms with Crippen molar-refractivity contribution in [1.29, 1.82) is 0 Å². The summed E-state index contributed by atoms with van der Waals surface area (Å²) >= 11 is 1.41. The van der Waals surface area contributed by atoms with E-state index >= 15 is 4.79 Å². The largest absolute Gasteiger partial charge is 0.480 e. The fourth-order valence-corrected chi connectivity index (χ4v) is 12.0. The van der Waals surface area contributed by atoms with Crippen molar-refractivity contribution in [2.24, 2.45) is 57.3 Å². The minimum Gasteiger partial charge on any atom is -0.480 e. The number of carboxylic acids is 1. The molecule has 0 saturated carbocycles. The maximum atomic E-state index is 15.0. The van der Waals surface area contributed by atoms with E-state index in [1.807, 2.05) is 0 Å². The first-order chi connectivity index (χ1) is 51.4. The van der Waals surface area contributed by atoms with Gasteiger partial charge in [-0.2, -0.15) is 11.8 Å². The SMILES string of the molecule is CC[C@H](C)[C@H](NC(=O)[C@H](CCCCN)NC(=O)[C@H](CCSC)NC(=O)[C@@H](N)[C@@H](C)O)C(=O)N[C@H](C(=O)N1CCC[C@H]1C(=O)N[C@@H](Cc1ccccc1)C(=O)N[C@@H](CC(N)=O)C(=O)N[C@@H](CCCN=C(N)N)C(=O)N[C@@H](CC(C)C)C(=O)N[C@H](C(=O)N[C@H](C(=O)NCC(=O)NCC(=O)O)[C@@H](C)CC)[C@@H](C)O)[C@@H](C)CC. The number of rotatable bonds is 51. The van der Waals surface area contributed by atoms with Crippen molar-refractivity contribution >= 4 is 106 Å². The third kappa shape index (κ3) is 34.0. The van der Waals surface area contributed by atoms with E-state index in [2.05, 4.69) is 68.8 Å². The smallest absolute Gasteiger partial charge is 0.322 e. The molecule has 1 saturated heterocycles. The number of aliphatic hydroxyl groups is 2. The monoisotopic (exact) mass is 1560 g/mol. The third-order valence-corrected chi connectivity index (χ3v) is 19.3. The van der Waals surface area contributed by atoms with Gasteiger partial charge >= 0.3 is 5.97 Å². The van der Waals surface area contributed by atoms with Gasteiger partial charge in [0.05, 0.1) is 25.2 Å². The van der Waals surface area contributed by atoms with E-state index in [0.29, 0.717) is 49.8 Å². The Hall–Kier alpha value is -9.27. The topological polar surface area (TPSA) is 607 Å². The average molecular weight is 1560 g/mol. The molecule has 0 bridgehead atoms. The van der Waals surface area contributed by atoms with Crippen LogP contribution >= 0.6 is 11.8 Å². The number of nitrogens with one attached hydrogen (secondary N) is 12. The molecule has 0 unspecified atom stereocenters. The summed E-state index contributed by atoms with van der Waals surface area (Å²) in [7, 11) is 0. The highest BCUT2D eigenvalue weighted by molar-refractivity contribution is 7.98. The lowest BCUT2D eigenvalue weighted by atomic mass is 9.94. The molecule has 1 aliphatic heterocycles. The number of primary amides is 1. The van der Waals surface area contributed by atoms with Crippen LogP contribution in [0.1, 0.15) is 158 Å². The van der Waals surface area contributed by atoms with Crippen LogP contribution in [0.4, 0.5) is 0 Å². The zero-order chi connectivity index (χ0) is 82.4. The van der Waals surface area contributed by atoms with Crippen molar-refractivity contribution in [1.82, 2.24) is 68.7 Å². The zero-order valence-electron chi connectivity index (χ0n) is 64.6. The number of hydrogen-bond acceptors (Lipinski definition) is 21. The summed E-state index contributed by atoms with van der Waals surface area (Å²) in [6, 6.07) is -8.72. The standard InChI is InChI=1S/C71H121N19O18S/c1-12-38(6)55(67(105)79-35-52(94)78-36-53(95)96)87-69(107)58(42(10)92)89-64(102)47(32-37(4)5)83-59(97)45(25-20-29-77-71(75)76)81-63(101)49(34-51(73)93)84-62(100)48(33-43-22-16-15-17-23-43)85-65(103)50-26-21-30-90(50)70(108)57(40(8)14-3)88-68(106)56(39(7)13-2)86-61(99)44(24-18-19-28-72)80-60(98)46(27-31-109-11)82-66(104)54(74)41(9)91/h15-17,22-23,37-42,44-50,54-58,91-92H,12-14,18-21,24-36,72,74H2,1-11H3,(H2,73,93)(H,78,94)(H,79,105)(H,80,98)(H,81,101)(H,82,104)(H,83,97)(H,84,100)(H,85,103)(H,86,99)(H,87,107)(H,88,106)(H,89,102)(H,95,96)(H4,75,76,77)/t38-,39-,40-,41+,42+,44-,45-,46-,47-,48-,49-,50-,54-,55-,56-,57-,58-/m0/s1. The quantitative estimate of drug-likeness (QED) is 0.0166. The molecule has 25 N–H and O–H groups in total. The molecule has 37 nitrogen and oxygen atoms in total. The van der Waals surface area contributed by atoms with E-state index in [9.17, 15) is 77.3 Å². The van der Waals surface area contributed by atoms with Crippen LogP contribution in [0.15, 0.2) is 35.3 Å². The van der Waals surface area contributed by atoms with Crippen molar-refractivity contribution in [2.75, 3.05) is 44.7 Å². The summed E-state index contributed by atoms with van der Waals surface area (Å²) in [6.45, 7) is 15.1. The molecule has 38 heteroatoms. The number of hydrogen-bond donors (Lipinski definition) is 20. The molecule has 1 heterocycles. The molecule has 1 aromatic rings. The van der Waals surface area contributed by atoms with Crippen LogP contribution in [-0.2, 0) is 78.3 Å². The van der Waals surface area contributed by atoms with Crippen LogP contribution in [0.2, 0.25) is 0 Å². The highest BCUT2D eigenvalue weighted by atomic mass is 32.2. The first-order valence-electron chi connectivity index (χ1n) is 37.1. The van der Waals surface area contributed by atoms with Crippen LogP contribution in [0.25, 0.3) is 0 Å². The van der Waals surface area contributed by atoms with Crippen LogP contribution in [-0.4, -0.2) is 244 Å². The van der Waals surface area contributed by atoms with E-state index in [1.165, 1.54) is 30.5 Å². The van der Waals surface area contributed by atoms with Gasteiger partial charge in [0.1, 0.15) is 79.0 Å². The van der Waals surface area contributed by atoms with Gasteiger partial charge in [0.2, 0.25) is 82.7 Å². The van der Waals surface area contributed by atoms with E-state index in [4.69, 9.17) is 33.8 Å². The third-order valence-electron chi connectivity index (χ3n) is 18.6. The van der Waals surface area contributed by atoms with E-state index in [0.717, 1.165) is 0 Å². The van der Waals surface area contributed by atoms with Gasteiger partial charge in [0.25, 0.3) is 0 Å². The Morgan fingerprint density at radius 1 is 0.541 bits per heavy atom. The van der Waals surface area contributed by atoms with Gasteiger partial charge in [0, 0.05) is 19.5 Å². The number of aliphatic carboxylic acids is 1. The van der Waals surface area contributed by atoms with Crippen molar-refractivity contribution in [2.45, 2.75) is 244 Å². The molecule has 0 aliphatic carbocycles. The molecule has 614 valence electrons. The van der Waals surface area contributed by atoms with Crippen LogP contribution < -0.4 is 92.5 Å². The second-order valence-electron chi connectivity index (χ2n) is 28.1. The minimum absolute atomic E-state index is 0.00703. The summed E-state index contributed by atoms with van der Waals surface area (Å²) in [6.07, 6.45) is 0.0303. The number of carbonyl (C=O) groups is 15. The number of thioether (sulfide) groups is 1. The number of amides is 14. The van der Waals surface area contributed by atoms with E-state index in [-0.39, 0.29) is 76.5 Å². The van der Waals surface area contributed by atoms with Gasteiger partial charge in [-0.1, -0.05) is 105 Å². The lowest BCUT2D eigenvalue weighted by Crippen LogP contribution is -2.62. The van der Waals surface area contributed by atoms with Gasteiger partial charge in [-0.25, -0.2) is 0 Å². The fourth-order valence-electron chi connectivity index (χ4n) is 11.5. The molecule has 2 rings (SSSR count). The Morgan fingerprint density at radius 3 is 1.55 bits per heavy atom. The Morgan fingerprint density at radius 2 is 1.02 bits per heavy atom. The molecule has 0 spiro atoms. The first-order valence-corrected chi connectivity index (χ1v) is 38.5. The predicted molar refractivity (Wildman–Crippen MR) is 407 cm³/mol. The summed E-state index contributed by atoms with van der Waals surface area (Å²) in [5.74, 6) is -15.7. The van der Waals surface area contributed by atoms with Gasteiger partial charge in [-0.15, -0.1) is 0 Å². The maximum Gasteiger partial charge on any atom is 0.322 e. The molecule has 14 amide bonds. The molecule has 109 heavy (non-hydrogen) atoms. The van der Waals surface area contributed by atoms with Gasteiger partial charge in [-0.3, -0.25) is 76.9 Å². The summed E-state index contributed by atoms with van der Waals surface area (Å²) in [5.41, 5.74) is 29.0. The van der Waals surface area contributed by atoms with Gasteiger partial charge in [-0.05, 0) is 119 Å². The summed E-state index contributed by atoms with van der Waals surface area (Å²) in [5, 5.41) is 60.5. The zero-order valence-corrected chi connectivity index (χ0v) is 65.4. The first kappa shape index (κ1) is 95.8. The second-order valence-corrected chi connectivity index (χ2v) is 29.0. The number of likely N-dealkylation sites (tertiary alicyclic amines) is 1. The second kappa shape index (κ2) is 49.7. The summed E-state index contributed by atoms with van der Waals surface area (Å²) in [4.78, 5) is 213. The number of guanidine groups is 1. The highest BCUT2D eigenvalue weighted by Crippen LogP contribution is 2.24. The number of aliphatic hydroxyl groups excluding tert-OH is 2. The molecular weight excluding hydrogens is 1440 g/mol. The molecule has 1 aromatic carbocycles. The number of nitrogens with zero attached hydrogens (tertiary/aromatic N) is 2. The lowest BCUT2D eigenvalue weighted by Gasteiger charge is -2.34. The molecule has 1 fully saturated rings. The minimum atomic E-state index is -1.85. The van der Waals surface area contributed by atoms with Crippen molar-refractivity contribution in [3.05, 3.63) is 35.9 Å². The molecule has 17 atom stereocenters. The average Bonchev–Trinajstić information content (AvgIpc) is 1.73. The molecular formula is C71H121N19O18S. The lowest BCUT2D eigenvalue weighted by molar-refractivity contribution is -0.144. The Kier molecular flexibility index (Phi) is 43.7. The van der Waals surface area contributed by atoms with Gasteiger partial charge in [0.15, 0.2) is 5.96 Å². The number of benzene rings is 1. The summed E-state index contributed by atoms with van der Waals surface area (Å²) < 4.78 is 0. The van der Waals surface area contributed by atoms with Crippen LogP contribution in [0, 0.1) is 23.7 Å². The fraction of sp³-hybridized carbons (Fsp3) is 0.690. The number of aliphatic imine (C=N–C) groups is 1. The normalized spacial score (nSPS) is 17.0. The van der Waals surface area contributed by atoms with Crippen LogP contribution in [0.3, 0.4) is 0 Å². The maximum absolute atomic E-state index is 15.0. The van der Waals surface area contributed by atoms with Gasteiger partial charge < -0.3 is 113 Å². The van der Waals surface area contributed by atoms with Crippen LogP contribution in [0.5, 0.6) is 0 Å². The number of nitrogens with two attached hydrogens (primary N) is 5. The Labute approximate surface area is 641 Å². The van der Waals surface area contributed by atoms with E-state index in [1.54, 1.807) is 92.0 Å². The Balaban J connectivity index is 2.57. The molecule has 0 radical (unpaired) electrons. The Bertz CT molecular complexity index is 3220. The number of carbonyl (C=O) groups excluding carboxylic acids is 14.